The summed E-state index contributed by atoms with van der Waals surface area (Å²) >= 11 is 0. The minimum atomic E-state index is -2.42. The maximum atomic E-state index is 13.8. The standard InChI is InChI=1S/C34H34O10/c1-17(2)32-25(40-28(37)20-11-7-5-8-12-20)19(4)33-22-15-18(3)24(36)31(22,39)29(38)30(16-35)26(41-30)23(33)27(32)42-34(43-32,44-33)21-13-9-6-10-14-21/h5-15,19,22-23,25-27,29,35,38-39H,1,16H2,2-4H3/t19-,22-,23+,25-,26+,27-,29-,30+,31-,32+,33+,34+/m1/s1. The van der Waals surface area contributed by atoms with Gasteiger partial charge in [-0.2, -0.15) is 0 Å². The molecule has 230 valence electrons. The van der Waals surface area contributed by atoms with Crippen LogP contribution in [0.4, 0.5) is 0 Å². The van der Waals surface area contributed by atoms with E-state index < -0.39 is 88.9 Å². The summed E-state index contributed by atoms with van der Waals surface area (Å²) in [6.45, 7) is 8.80. The van der Waals surface area contributed by atoms with Crippen LogP contribution in [-0.2, 0) is 34.5 Å². The lowest BCUT2D eigenvalue weighted by molar-refractivity contribution is -0.440. The van der Waals surface area contributed by atoms with E-state index in [1.807, 2.05) is 13.0 Å². The number of fused-ring (bicyclic) bond motifs is 3. The molecule has 3 bridgehead atoms. The summed E-state index contributed by atoms with van der Waals surface area (Å²) < 4.78 is 33.4. The molecular weight excluding hydrogens is 568 g/mol. The monoisotopic (exact) mass is 602 g/mol. The zero-order valence-corrected chi connectivity index (χ0v) is 24.5. The van der Waals surface area contributed by atoms with Gasteiger partial charge in [-0.3, -0.25) is 4.79 Å². The summed E-state index contributed by atoms with van der Waals surface area (Å²) in [7, 11) is 0. The second-order valence-corrected chi connectivity index (χ2v) is 13.1. The Hall–Kier alpha value is -3.22. The van der Waals surface area contributed by atoms with Crippen molar-refractivity contribution in [2.45, 2.75) is 73.6 Å². The fourth-order valence-electron chi connectivity index (χ4n) is 9.07. The molecule has 2 saturated carbocycles. The molecule has 3 heterocycles. The zero-order chi connectivity index (χ0) is 31.0. The lowest BCUT2D eigenvalue weighted by Gasteiger charge is -2.61. The fourth-order valence-corrected chi connectivity index (χ4v) is 9.07. The smallest absolute Gasteiger partial charge is 0.338 e. The molecule has 0 unspecified atom stereocenters. The summed E-state index contributed by atoms with van der Waals surface area (Å²) in [5, 5.41) is 34.8. The molecule has 5 fully saturated rings. The molecule has 3 N–H and O–H groups in total. The second kappa shape index (κ2) is 8.73. The number of esters is 1. The average Bonchev–Trinajstić information content (AvgIpc) is 3.65. The molecule has 2 aromatic rings. The van der Waals surface area contributed by atoms with E-state index in [4.69, 9.17) is 23.7 Å². The van der Waals surface area contributed by atoms with Crippen LogP contribution in [0.5, 0.6) is 0 Å². The Bertz CT molecular complexity index is 1620. The van der Waals surface area contributed by atoms with Crippen LogP contribution in [0.25, 0.3) is 0 Å². The lowest BCUT2D eigenvalue weighted by Crippen LogP contribution is -2.76. The van der Waals surface area contributed by atoms with Gasteiger partial charge in [0, 0.05) is 23.3 Å². The molecule has 12 atom stereocenters. The first kappa shape index (κ1) is 28.3. The second-order valence-electron chi connectivity index (χ2n) is 13.1. The number of benzene rings is 2. The van der Waals surface area contributed by atoms with E-state index >= 15 is 0 Å². The van der Waals surface area contributed by atoms with Crippen molar-refractivity contribution >= 4 is 11.8 Å². The van der Waals surface area contributed by atoms with Gasteiger partial charge in [-0.05, 0) is 37.1 Å². The Morgan fingerprint density at radius 2 is 1.68 bits per heavy atom. The number of carbonyl (C=O) groups excluding carboxylic acids is 2. The van der Waals surface area contributed by atoms with Crippen molar-refractivity contribution < 1.29 is 48.6 Å². The maximum absolute atomic E-state index is 13.8. The molecule has 8 rings (SSSR count). The van der Waals surface area contributed by atoms with Crippen molar-refractivity contribution in [2.24, 2.45) is 17.8 Å². The molecule has 44 heavy (non-hydrogen) atoms. The molecule has 6 aliphatic rings. The van der Waals surface area contributed by atoms with Gasteiger partial charge in [-0.15, -0.1) is 0 Å². The summed E-state index contributed by atoms with van der Waals surface area (Å²) in [6.07, 6.45) is -3.09. The van der Waals surface area contributed by atoms with Gasteiger partial charge in [-0.25, -0.2) is 4.79 Å². The third-order valence-electron chi connectivity index (χ3n) is 11.1. The Labute approximate surface area is 253 Å². The van der Waals surface area contributed by atoms with Gasteiger partial charge in [0.2, 0.25) is 0 Å². The zero-order valence-electron chi connectivity index (χ0n) is 24.5. The van der Waals surface area contributed by atoms with Crippen molar-refractivity contribution in [3.63, 3.8) is 0 Å². The van der Waals surface area contributed by atoms with Crippen LogP contribution < -0.4 is 0 Å². The van der Waals surface area contributed by atoms with E-state index in [2.05, 4.69) is 6.58 Å². The number of carbonyl (C=O) groups is 2. The van der Waals surface area contributed by atoms with Crippen molar-refractivity contribution in [1.82, 2.24) is 0 Å². The van der Waals surface area contributed by atoms with Crippen molar-refractivity contribution in [2.75, 3.05) is 6.61 Å². The van der Waals surface area contributed by atoms with E-state index in [9.17, 15) is 24.9 Å². The Kier molecular flexibility index (Phi) is 5.61. The van der Waals surface area contributed by atoms with Gasteiger partial charge < -0.3 is 39.0 Å². The third kappa shape index (κ3) is 3.00. The molecule has 3 saturated heterocycles. The molecule has 0 spiro atoms. The highest BCUT2D eigenvalue weighted by Crippen LogP contribution is 2.74. The van der Waals surface area contributed by atoms with Crippen LogP contribution in [0.3, 0.4) is 0 Å². The number of aliphatic hydroxyl groups excluding tert-OH is 2. The predicted octanol–water partition coefficient (Wildman–Crippen LogP) is 2.17. The number of aliphatic hydroxyl groups is 3. The Balaban J connectivity index is 1.41. The lowest BCUT2D eigenvalue weighted by atomic mass is 9.53. The predicted molar refractivity (Wildman–Crippen MR) is 152 cm³/mol. The summed E-state index contributed by atoms with van der Waals surface area (Å²) in [4.78, 5) is 27.5. The number of epoxide rings is 1. The van der Waals surface area contributed by atoms with E-state index in [0.717, 1.165) is 0 Å². The molecule has 0 amide bonds. The average molecular weight is 603 g/mol. The maximum Gasteiger partial charge on any atom is 0.338 e. The molecule has 0 radical (unpaired) electrons. The van der Waals surface area contributed by atoms with Crippen molar-refractivity contribution in [1.29, 1.82) is 0 Å². The largest absolute Gasteiger partial charge is 0.455 e. The SMILES string of the molecule is C=C(C)[C@@]12O[C@]3(c4ccccc4)O[C@@H]1[C@@H]1[C@@H]4O[C@]4(CO)[C@@H](O)[C@]4(O)C(=O)C(C)=C[C@H]4[C@@]1(O3)[C@H](C)[C@H]2OC(=O)c1ccccc1. The van der Waals surface area contributed by atoms with E-state index in [1.165, 1.54) is 0 Å². The topological polar surface area (TPSA) is 144 Å². The normalized spacial score (nSPS) is 47.6. The van der Waals surface area contributed by atoms with E-state index in [0.29, 0.717) is 16.7 Å². The fraction of sp³-hybridized carbons (Fsp3) is 0.471. The summed E-state index contributed by atoms with van der Waals surface area (Å²) in [5.41, 5.74) is -5.56. The Morgan fingerprint density at radius 1 is 1.02 bits per heavy atom. The highest BCUT2D eigenvalue weighted by atomic mass is 16.9. The van der Waals surface area contributed by atoms with E-state index in [1.54, 1.807) is 74.5 Å². The highest BCUT2D eigenvalue weighted by Gasteiger charge is 2.90. The van der Waals surface area contributed by atoms with Gasteiger partial charge in [0.25, 0.3) is 0 Å². The third-order valence-corrected chi connectivity index (χ3v) is 11.1. The first-order chi connectivity index (χ1) is 20.9. The summed E-state index contributed by atoms with van der Waals surface area (Å²) in [5.74, 6) is -5.87. The molecule has 3 aliphatic heterocycles. The number of hydrogen-bond acceptors (Lipinski definition) is 10. The van der Waals surface area contributed by atoms with Crippen LogP contribution in [0.15, 0.2) is 84.5 Å². The van der Waals surface area contributed by atoms with Crippen molar-refractivity contribution in [3.8, 4) is 0 Å². The molecule has 0 aromatic heterocycles. The highest BCUT2D eigenvalue weighted by molar-refractivity contribution is 6.05. The number of ketones is 1. The van der Waals surface area contributed by atoms with Gasteiger partial charge in [-0.1, -0.05) is 68.1 Å². The van der Waals surface area contributed by atoms with Crippen LogP contribution >= 0.6 is 0 Å². The van der Waals surface area contributed by atoms with Crippen molar-refractivity contribution in [3.05, 3.63) is 95.6 Å². The minimum absolute atomic E-state index is 0.232. The first-order valence-corrected chi connectivity index (χ1v) is 14.9. The molecular formula is C34H34O10. The van der Waals surface area contributed by atoms with Gasteiger partial charge in [0.15, 0.2) is 17.0 Å². The molecule has 10 heteroatoms. The summed E-state index contributed by atoms with van der Waals surface area (Å²) in [6, 6.07) is 17.6. The minimum Gasteiger partial charge on any atom is -0.455 e. The number of hydrogen-bond donors (Lipinski definition) is 3. The van der Waals surface area contributed by atoms with Gasteiger partial charge >= 0.3 is 11.9 Å². The van der Waals surface area contributed by atoms with Gasteiger partial charge in [0.05, 0.1) is 17.8 Å². The van der Waals surface area contributed by atoms with Gasteiger partial charge in [0.1, 0.15) is 30.0 Å². The number of ether oxygens (including phenoxy) is 5. The molecule has 10 nitrogen and oxygen atoms in total. The first-order valence-electron chi connectivity index (χ1n) is 14.9. The molecule has 3 aliphatic carbocycles. The Morgan fingerprint density at radius 3 is 2.32 bits per heavy atom. The number of rotatable bonds is 5. The van der Waals surface area contributed by atoms with Crippen LogP contribution in [0.1, 0.15) is 36.7 Å². The molecule has 2 aromatic carbocycles. The van der Waals surface area contributed by atoms with Crippen LogP contribution in [0.2, 0.25) is 0 Å². The van der Waals surface area contributed by atoms with Crippen LogP contribution in [-0.4, -0.2) is 80.5 Å². The van der Waals surface area contributed by atoms with Crippen LogP contribution in [0, 0.1) is 17.8 Å². The number of Topliss-reactive ketones (excluding diaryl/α,β-unsaturated/α-hetero) is 1. The van der Waals surface area contributed by atoms with E-state index in [-0.39, 0.29) is 5.57 Å². The quantitative estimate of drug-likeness (QED) is 0.265.